The van der Waals surface area contributed by atoms with Gasteiger partial charge in [-0.3, -0.25) is 0 Å². The molecule has 4 nitrogen and oxygen atoms in total. The Labute approximate surface area is 156 Å². The molecule has 124 valence electrons. The van der Waals surface area contributed by atoms with E-state index in [1.807, 2.05) is 49.4 Å². The van der Waals surface area contributed by atoms with Gasteiger partial charge in [-0.2, -0.15) is 0 Å². The number of aryl methyl sites for hydroxylation is 1. The molecule has 0 radical (unpaired) electrons. The Morgan fingerprint density at radius 2 is 1.88 bits per heavy atom. The monoisotopic (exact) mass is 452 g/mol. The minimum Gasteiger partial charge on any atom is -0.490 e. The number of furan rings is 1. The van der Waals surface area contributed by atoms with Crippen LogP contribution in [0.25, 0.3) is 11.0 Å². The van der Waals surface area contributed by atoms with E-state index >= 15 is 0 Å². The van der Waals surface area contributed by atoms with Crippen LogP contribution in [-0.4, -0.2) is 19.2 Å². The molecule has 0 amide bonds. The van der Waals surface area contributed by atoms with Crippen molar-refractivity contribution < 1.29 is 18.7 Å². The van der Waals surface area contributed by atoms with Crippen LogP contribution >= 0.6 is 31.9 Å². The number of ether oxygens (including phenoxy) is 2. The van der Waals surface area contributed by atoms with Crippen LogP contribution in [0, 0.1) is 6.92 Å². The maximum atomic E-state index is 12.2. The number of rotatable bonds is 5. The molecule has 1 aromatic heterocycles. The van der Waals surface area contributed by atoms with Gasteiger partial charge >= 0.3 is 5.97 Å². The molecule has 3 aromatic rings. The zero-order valence-corrected chi connectivity index (χ0v) is 16.0. The van der Waals surface area contributed by atoms with E-state index in [0.717, 1.165) is 19.9 Å². The van der Waals surface area contributed by atoms with Crippen molar-refractivity contribution in [3.8, 4) is 5.75 Å². The fourth-order valence-corrected chi connectivity index (χ4v) is 3.04. The molecule has 0 aliphatic heterocycles. The molecule has 0 spiro atoms. The van der Waals surface area contributed by atoms with Crippen LogP contribution in [0.4, 0.5) is 0 Å². The lowest BCUT2D eigenvalue weighted by atomic mass is 10.1. The summed E-state index contributed by atoms with van der Waals surface area (Å²) in [5.41, 5.74) is 1.43. The van der Waals surface area contributed by atoms with Crippen molar-refractivity contribution in [2.75, 3.05) is 13.2 Å². The maximum absolute atomic E-state index is 12.2. The van der Waals surface area contributed by atoms with E-state index in [-0.39, 0.29) is 19.0 Å². The van der Waals surface area contributed by atoms with Gasteiger partial charge in [-0.05, 0) is 43.3 Å². The van der Waals surface area contributed by atoms with Crippen molar-refractivity contribution in [1.82, 2.24) is 0 Å². The van der Waals surface area contributed by atoms with Crippen LogP contribution in [0.15, 0.2) is 55.8 Å². The SMILES string of the molecule is Cc1c(C(=O)OCCOc2cccc(Br)c2)oc2ccc(Br)cc12. The van der Waals surface area contributed by atoms with Gasteiger partial charge in [0.05, 0.1) is 0 Å². The molecule has 2 aromatic carbocycles. The van der Waals surface area contributed by atoms with E-state index < -0.39 is 5.97 Å². The summed E-state index contributed by atoms with van der Waals surface area (Å²) in [7, 11) is 0. The predicted octanol–water partition coefficient (Wildman–Crippen LogP) is 5.50. The average molecular weight is 454 g/mol. The Kier molecular flexibility index (Phi) is 5.26. The summed E-state index contributed by atoms with van der Waals surface area (Å²) in [4.78, 5) is 12.2. The number of halogens is 2. The van der Waals surface area contributed by atoms with Gasteiger partial charge in [0.15, 0.2) is 0 Å². The van der Waals surface area contributed by atoms with Gasteiger partial charge < -0.3 is 13.9 Å². The molecule has 0 aliphatic rings. The number of carbonyl (C=O) groups is 1. The molecule has 24 heavy (non-hydrogen) atoms. The second kappa shape index (κ2) is 7.40. The van der Waals surface area contributed by atoms with Gasteiger partial charge in [0.2, 0.25) is 5.76 Å². The highest BCUT2D eigenvalue weighted by Crippen LogP contribution is 2.28. The van der Waals surface area contributed by atoms with Gasteiger partial charge in [-0.25, -0.2) is 4.79 Å². The van der Waals surface area contributed by atoms with Crippen LogP contribution in [0.5, 0.6) is 5.75 Å². The molecule has 0 unspecified atom stereocenters. The van der Waals surface area contributed by atoms with E-state index in [9.17, 15) is 4.79 Å². The lowest BCUT2D eigenvalue weighted by Gasteiger charge is -2.07. The number of hydrogen-bond donors (Lipinski definition) is 0. The summed E-state index contributed by atoms with van der Waals surface area (Å²) in [6.45, 7) is 2.26. The number of fused-ring (bicyclic) bond motifs is 1. The van der Waals surface area contributed by atoms with Crippen LogP contribution in [0.3, 0.4) is 0 Å². The Morgan fingerprint density at radius 3 is 2.67 bits per heavy atom. The van der Waals surface area contributed by atoms with Gasteiger partial charge in [-0.1, -0.05) is 37.9 Å². The van der Waals surface area contributed by atoms with Gasteiger partial charge in [0, 0.05) is 19.9 Å². The molecule has 0 aliphatic carbocycles. The van der Waals surface area contributed by atoms with Crippen LogP contribution in [0.2, 0.25) is 0 Å². The number of hydrogen-bond acceptors (Lipinski definition) is 4. The van der Waals surface area contributed by atoms with Crippen molar-refractivity contribution in [2.24, 2.45) is 0 Å². The zero-order chi connectivity index (χ0) is 17.1. The summed E-state index contributed by atoms with van der Waals surface area (Å²) in [5.74, 6) is 0.452. The van der Waals surface area contributed by atoms with E-state index in [2.05, 4.69) is 31.9 Å². The fourth-order valence-electron chi connectivity index (χ4n) is 2.30. The first kappa shape index (κ1) is 17.0. The molecule has 6 heteroatoms. The highest BCUT2D eigenvalue weighted by Gasteiger charge is 2.19. The summed E-state index contributed by atoms with van der Waals surface area (Å²) in [5, 5.41) is 0.890. The van der Waals surface area contributed by atoms with E-state index in [1.54, 1.807) is 0 Å². The average Bonchev–Trinajstić information content (AvgIpc) is 2.88. The molecule has 1 heterocycles. The van der Waals surface area contributed by atoms with Crippen LogP contribution in [-0.2, 0) is 4.74 Å². The Hall–Kier alpha value is -1.79. The molecule has 0 saturated heterocycles. The minimum atomic E-state index is -0.488. The molecule has 0 fully saturated rings. The third-order valence-electron chi connectivity index (χ3n) is 3.46. The maximum Gasteiger partial charge on any atom is 0.374 e. The Balaban J connectivity index is 1.60. The summed E-state index contributed by atoms with van der Waals surface area (Å²) in [6.07, 6.45) is 0. The molecular weight excluding hydrogens is 440 g/mol. The summed E-state index contributed by atoms with van der Waals surface area (Å²) in [6, 6.07) is 13.1. The lowest BCUT2D eigenvalue weighted by Crippen LogP contribution is -2.12. The Morgan fingerprint density at radius 1 is 1.08 bits per heavy atom. The van der Waals surface area contributed by atoms with Gasteiger partial charge in [0.25, 0.3) is 0 Å². The lowest BCUT2D eigenvalue weighted by molar-refractivity contribution is 0.0416. The van der Waals surface area contributed by atoms with Crippen molar-refractivity contribution in [1.29, 1.82) is 0 Å². The first-order valence-electron chi connectivity index (χ1n) is 7.29. The largest absolute Gasteiger partial charge is 0.490 e. The number of benzene rings is 2. The first-order chi connectivity index (χ1) is 11.5. The second-order valence-corrected chi connectivity index (χ2v) is 6.97. The molecule has 3 rings (SSSR count). The summed E-state index contributed by atoms with van der Waals surface area (Å²) >= 11 is 6.79. The number of esters is 1. The normalized spacial score (nSPS) is 10.8. The standard InChI is InChI=1S/C18H14Br2O4/c1-11-15-10-13(20)5-6-16(15)24-17(11)18(21)23-8-7-22-14-4-2-3-12(19)9-14/h2-6,9-10H,7-8H2,1H3. The van der Waals surface area contributed by atoms with Gasteiger partial charge in [0.1, 0.15) is 24.5 Å². The molecular formula is C18H14Br2O4. The van der Waals surface area contributed by atoms with E-state index in [0.29, 0.717) is 11.3 Å². The Bertz CT molecular complexity index is 886. The van der Waals surface area contributed by atoms with Crippen LogP contribution in [0.1, 0.15) is 16.1 Å². The van der Waals surface area contributed by atoms with Crippen LogP contribution < -0.4 is 4.74 Å². The third kappa shape index (κ3) is 3.82. The van der Waals surface area contributed by atoms with Crippen molar-refractivity contribution >= 4 is 48.8 Å². The molecule has 0 bridgehead atoms. The minimum absolute atomic E-state index is 0.144. The molecule has 0 saturated carbocycles. The zero-order valence-electron chi connectivity index (χ0n) is 12.8. The van der Waals surface area contributed by atoms with E-state index in [1.165, 1.54) is 0 Å². The smallest absolute Gasteiger partial charge is 0.374 e. The van der Waals surface area contributed by atoms with Crippen molar-refractivity contribution in [3.63, 3.8) is 0 Å². The third-order valence-corrected chi connectivity index (χ3v) is 4.45. The number of carbonyl (C=O) groups excluding carboxylic acids is 1. The highest BCUT2D eigenvalue weighted by atomic mass is 79.9. The predicted molar refractivity (Wildman–Crippen MR) is 98.6 cm³/mol. The first-order valence-corrected chi connectivity index (χ1v) is 8.87. The van der Waals surface area contributed by atoms with E-state index in [4.69, 9.17) is 13.9 Å². The summed E-state index contributed by atoms with van der Waals surface area (Å²) < 4.78 is 18.2. The highest BCUT2D eigenvalue weighted by molar-refractivity contribution is 9.10. The van der Waals surface area contributed by atoms with Crippen molar-refractivity contribution in [3.05, 3.63) is 62.7 Å². The van der Waals surface area contributed by atoms with Crippen molar-refractivity contribution in [2.45, 2.75) is 6.92 Å². The topological polar surface area (TPSA) is 48.7 Å². The molecule has 0 atom stereocenters. The van der Waals surface area contributed by atoms with Gasteiger partial charge in [-0.15, -0.1) is 0 Å². The quantitative estimate of drug-likeness (QED) is 0.378. The fraction of sp³-hybridized carbons (Fsp3) is 0.167. The second-order valence-electron chi connectivity index (χ2n) is 5.14. The molecule has 0 N–H and O–H groups in total.